The molecule has 3 aromatic rings. The average Bonchev–Trinajstić information content (AvgIpc) is 2.83. The molecule has 3 rings (SSSR count). The zero-order valence-corrected chi connectivity index (χ0v) is 20.5. The van der Waals surface area contributed by atoms with Crippen LogP contribution in [-0.2, 0) is 0 Å². The van der Waals surface area contributed by atoms with Gasteiger partial charge >= 0.3 is 0 Å². The molecule has 0 saturated carbocycles. The van der Waals surface area contributed by atoms with Gasteiger partial charge in [0.05, 0.1) is 5.16 Å². The van der Waals surface area contributed by atoms with Crippen molar-refractivity contribution in [3.8, 4) is 23.0 Å². The van der Waals surface area contributed by atoms with Gasteiger partial charge in [0.1, 0.15) is 11.5 Å². The molecule has 1 nitrogen and oxygen atoms in total. The zero-order valence-electron chi connectivity index (χ0n) is 18.8. The van der Waals surface area contributed by atoms with Crippen LogP contribution in [0.4, 0.5) is 18.9 Å². The third-order valence-electron chi connectivity index (χ3n) is 5.18. The number of rotatable bonds is 9. The van der Waals surface area contributed by atoms with Gasteiger partial charge in [-0.1, -0.05) is 50.5 Å². The molecule has 3 aromatic carbocycles. The van der Waals surface area contributed by atoms with Crippen molar-refractivity contribution in [1.82, 2.24) is 0 Å². The number of aliphatic imine (C=N–C) groups is 1. The lowest BCUT2D eigenvalue weighted by atomic mass is 10.0. The normalized spacial score (nSPS) is 10.4. The minimum absolute atomic E-state index is 0.0637. The molecule has 0 bridgehead atoms. The molecule has 6 heteroatoms. The number of hydrogen-bond donors (Lipinski definition) is 0. The van der Waals surface area contributed by atoms with E-state index in [1.807, 2.05) is 41.2 Å². The van der Waals surface area contributed by atoms with Gasteiger partial charge in [-0.2, -0.15) is 4.99 Å². The Morgan fingerprint density at radius 1 is 0.794 bits per heavy atom. The quantitative estimate of drug-likeness (QED) is 0.0965. The van der Waals surface area contributed by atoms with E-state index in [0.717, 1.165) is 23.4 Å². The van der Waals surface area contributed by atoms with Gasteiger partial charge in [-0.15, -0.1) is 11.8 Å². The maximum absolute atomic E-state index is 14.7. The summed E-state index contributed by atoms with van der Waals surface area (Å²) in [5.74, 6) is 4.58. The summed E-state index contributed by atoms with van der Waals surface area (Å²) in [7, 11) is 0. The van der Waals surface area contributed by atoms with Gasteiger partial charge in [-0.3, -0.25) is 0 Å². The van der Waals surface area contributed by atoms with E-state index < -0.39 is 23.1 Å². The molecule has 0 radical (unpaired) electrons. The lowest BCUT2D eigenvalue weighted by Crippen LogP contribution is -1.90. The smallest absolute Gasteiger partial charge is 0.153 e. The molecular formula is C28H24F3NS2. The van der Waals surface area contributed by atoms with Crippen LogP contribution in [0.1, 0.15) is 50.2 Å². The van der Waals surface area contributed by atoms with Crippen LogP contribution in [0.25, 0.3) is 11.1 Å². The fourth-order valence-corrected chi connectivity index (χ4v) is 4.38. The fraction of sp³-hybridized carbons (Fsp3) is 0.250. The third kappa shape index (κ3) is 7.33. The van der Waals surface area contributed by atoms with Crippen LogP contribution < -0.4 is 0 Å². The van der Waals surface area contributed by atoms with Crippen molar-refractivity contribution in [2.75, 3.05) is 5.75 Å². The van der Waals surface area contributed by atoms with Crippen molar-refractivity contribution in [3.63, 3.8) is 0 Å². The van der Waals surface area contributed by atoms with Crippen LogP contribution in [0.3, 0.4) is 0 Å². The molecule has 0 aliphatic rings. The zero-order chi connectivity index (χ0) is 24.3. The van der Waals surface area contributed by atoms with Crippen molar-refractivity contribution in [1.29, 1.82) is 0 Å². The predicted octanol–water partition coefficient (Wildman–Crippen LogP) is 8.97. The van der Waals surface area contributed by atoms with Crippen molar-refractivity contribution in [2.24, 2.45) is 4.99 Å². The van der Waals surface area contributed by atoms with Crippen molar-refractivity contribution in [3.05, 3.63) is 83.2 Å². The summed E-state index contributed by atoms with van der Waals surface area (Å²) in [5.41, 5.74) is 0.884. The van der Waals surface area contributed by atoms with Gasteiger partial charge in [-0.25, -0.2) is 13.2 Å². The van der Waals surface area contributed by atoms with Crippen molar-refractivity contribution < 1.29 is 13.2 Å². The van der Waals surface area contributed by atoms with Crippen molar-refractivity contribution >= 4 is 34.8 Å². The first kappa shape index (κ1) is 25.8. The van der Waals surface area contributed by atoms with Crippen LogP contribution in [0, 0.1) is 29.3 Å². The Hall–Kier alpha value is -2.84. The Bertz CT molecular complexity index is 1210. The summed E-state index contributed by atoms with van der Waals surface area (Å²) in [6, 6.07) is 14.4. The molecule has 0 unspecified atom stereocenters. The number of benzene rings is 3. The van der Waals surface area contributed by atoms with E-state index in [4.69, 9.17) is 0 Å². The molecule has 0 saturated heterocycles. The first-order chi connectivity index (χ1) is 16.5. The molecule has 0 heterocycles. The predicted molar refractivity (Wildman–Crippen MR) is 138 cm³/mol. The van der Waals surface area contributed by atoms with Gasteiger partial charge in [0, 0.05) is 21.6 Å². The number of thiocarbonyl (C=S) groups is 1. The van der Waals surface area contributed by atoms with Crippen LogP contribution in [0.15, 0.2) is 64.5 Å². The van der Waals surface area contributed by atoms with E-state index >= 15 is 0 Å². The second-order valence-corrected chi connectivity index (χ2v) is 9.07. The lowest BCUT2D eigenvalue weighted by molar-refractivity contribution is 0.588. The van der Waals surface area contributed by atoms with E-state index in [0.29, 0.717) is 5.56 Å². The van der Waals surface area contributed by atoms with E-state index in [1.165, 1.54) is 49.1 Å². The molecule has 174 valence electrons. The third-order valence-corrected chi connectivity index (χ3v) is 6.37. The molecule has 0 aromatic heterocycles. The summed E-state index contributed by atoms with van der Waals surface area (Å²) in [6.07, 6.45) is 6.36. The van der Waals surface area contributed by atoms with Gasteiger partial charge in [0.25, 0.3) is 0 Å². The molecular weight excluding hydrogens is 471 g/mol. The minimum Gasteiger partial charge on any atom is -0.206 e. The Kier molecular flexibility index (Phi) is 9.97. The minimum atomic E-state index is -0.936. The highest BCUT2D eigenvalue weighted by molar-refractivity contribution is 7.99. The van der Waals surface area contributed by atoms with Crippen LogP contribution in [0.2, 0.25) is 0 Å². The van der Waals surface area contributed by atoms with E-state index in [9.17, 15) is 13.2 Å². The molecule has 0 amide bonds. The second kappa shape index (κ2) is 13.2. The highest BCUT2D eigenvalue weighted by Crippen LogP contribution is 2.30. The van der Waals surface area contributed by atoms with E-state index in [1.54, 1.807) is 6.07 Å². The second-order valence-electron chi connectivity index (χ2n) is 7.72. The van der Waals surface area contributed by atoms with Crippen molar-refractivity contribution in [2.45, 2.75) is 43.9 Å². The molecule has 0 spiro atoms. The number of thioether (sulfide) groups is 1. The number of hydrogen-bond acceptors (Lipinski definition) is 3. The Balaban J connectivity index is 1.66. The first-order valence-electron chi connectivity index (χ1n) is 11.1. The van der Waals surface area contributed by atoms with Gasteiger partial charge in [-0.05, 0) is 78.5 Å². The number of unbranched alkanes of at least 4 members (excludes halogenated alkanes) is 4. The maximum atomic E-state index is 14.7. The Labute approximate surface area is 208 Å². The molecule has 0 fully saturated rings. The van der Waals surface area contributed by atoms with Gasteiger partial charge < -0.3 is 0 Å². The summed E-state index contributed by atoms with van der Waals surface area (Å²) < 4.78 is 42.9. The highest BCUT2D eigenvalue weighted by atomic mass is 32.2. The standard InChI is InChI=1S/C28H24F3NS2/c1-2-3-4-5-6-15-34-23-12-9-20(10-13-23)7-8-21-11-14-24(25(29)16-21)22-17-26(30)28(32-19-33)27(31)18-22/h9-14,16-18H,2-6,15H2,1H3. The summed E-state index contributed by atoms with van der Waals surface area (Å²) in [6.45, 7) is 2.22. The summed E-state index contributed by atoms with van der Waals surface area (Å²) >= 11 is 6.23. The SMILES string of the molecule is CCCCCCCSc1ccc(C#Cc2ccc(-c3cc(F)c(N=C=S)c(F)c3)c(F)c2)cc1. The lowest BCUT2D eigenvalue weighted by Gasteiger charge is -2.06. The van der Waals surface area contributed by atoms with Gasteiger partial charge in [0.2, 0.25) is 0 Å². The van der Waals surface area contributed by atoms with Crippen LogP contribution in [0.5, 0.6) is 0 Å². The van der Waals surface area contributed by atoms with Crippen LogP contribution in [-0.4, -0.2) is 10.9 Å². The summed E-state index contributed by atoms with van der Waals surface area (Å²) in [5, 5.41) is 1.93. The molecule has 34 heavy (non-hydrogen) atoms. The Morgan fingerprint density at radius 3 is 2.09 bits per heavy atom. The van der Waals surface area contributed by atoms with Crippen LogP contribution >= 0.6 is 24.0 Å². The topological polar surface area (TPSA) is 12.4 Å². The fourth-order valence-electron chi connectivity index (χ4n) is 3.37. The average molecular weight is 496 g/mol. The Morgan fingerprint density at radius 2 is 1.44 bits per heavy atom. The summed E-state index contributed by atoms with van der Waals surface area (Å²) in [4.78, 5) is 4.57. The molecule has 0 aliphatic carbocycles. The maximum Gasteiger partial charge on any atom is 0.153 e. The monoisotopic (exact) mass is 495 g/mol. The van der Waals surface area contributed by atoms with E-state index in [-0.39, 0.29) is 11.1 Å². The number of isothiocyanates is 1. The van der Waals surface area contributed by atoms with E-state index in [2.05, 4.69) is 36.0 Å². The first-order valence-corrected chi connectivity index (χ1v) is 12.5. The molecule has 0 N–H and O–H groups in total. The van der Waals surface area contributed by atoms with Gasteiger partial charge in [0.15, 0.2) is 11.6 Å². The molecule has 0 atom stereocenters. The number of halogens is 3. The largest absolute Gasteiger partial charge is 0.206 e. The highest BCUT2D eigenvalue weighted by Gasteiger charge is 2.14. The number of nitrogens with zero attached hydrogens (tertiary/aromatic N) is 1. The molecule has 0 aliphatic heterocycles.